The predicted molar refractivity (Wildman–Crippen MR) is 54.9 cm³/mol. The third kappa shape index (κ3) is 2.50. The molecular weight excluding hydrogens is 212 g/mol. The first-order valence-corrected chi connectivity index (χ1v) is 4.54. The second kappa shape index (κ2) is 5.16. The van der Waals surface area contributed by atoms with Crippen LogP contribution in [0.3, 0.4) is 0 Å². The molecule has 1 aromatic carbocycles. The van der Waals surface area contributed by atoms with Crippen molar-refractivity contribution in [2.24, 2.45) is 0 Å². The molecule has 86 valence electrons. The van der Waals surface area contributed by atoms with Crippen molar-refractivity contribution in [1.29, 1.82) is 0 Å². The van der Waals surface area contributed by atoms with Gasteiger partial charge < -0.3 is 14.6 Å². The Morgan fingerprint density at radius 2 is 1.50 bits per heavy atom. The van der Waals surface area contributed by atoms with Crippen molar-refractivity contribution >= 4 is 11.9 Å². The van der Waals surface area contributed by atoms with E-state index in [0.29, 0.717) is 5.56 Å². The van der Waals surface area contributed by atoms with Crippen molar-refractivity contribution in [1.82, 2.24) is 0 Å². The van der Waals surface area contributed by atoms with Crippen LogP contribution in [0.25, 0.3) is 0 Å². The second-order valence-electron chi connectivity index (χ2n) is 3.07. The van der Waals surface area contributed by atoms with Crippen molar-refractivity contribution in [3.05, 3.63) is 29.8 Å². The van der Waals surface area contributed by atoms with Gasteiger partial charge in [0.25, 0.3) is 0 Å². The molecule has 0 aromatic heterocycles. The van der Waals surface area contributed by atoms with Gasteiger partial charge >= 0.3 is 11.9 Å². The van der Waals surface area contributed by atoms with E-state index in [2.05, 4.69) is 9.47 Å². The molecule has 0 aliphatic heterocycles. The molecule has 0 heterocycles. The van der Waals surface area contributed by atoms with Crippen molar-refractivity contribution in [3.8, 4) is 5.75 Å². The van der Waals surface area contributed by atoms with E-state index in [0.717, 1.165) is 0 Å². The summed E-state index contributed by atoms with van der Waals surface area (Å²) in [5.41, 5.74) is 0.413. The summed E-state index contributed by atoms with van der Waals surface area (Å²) in [6.45, 7) is 0. The molecular formula is C11H12O5. The van der Waals surface area contributed by atoms with Crippen LogP contribution in [0.15, 0.2) is 24.3 Å². The number of methoxy groups -OCH3 is 2. The summed E-state index contributed by atoms with van der Waals surface area (Å²) in [7, 11) is 2.39. The van der Waals surface area contributed by atoms with E-state index in [1.165, 1.54) is 38.5 Å². The third-order valence-corrected chi connectivity index (χ3v) is 2.10. The quantitative estimate of drug-likeness (QED) is 0.608. The van der Waals surface area contributed by atoms with Gasteiger partial charge in [0, 0.05) is 0 Å². The molecule has 1 aromatic rings. The Morgan fingerprint density at radius 3 is 1.88 bits per heavy atom. The second-order valence-corrected chi connectivity index (χ2v) is 3.07. The molecule has 0 fully saturated rings. The average Bonchev–Trinajstić information content (AvgIpc) is 2.31. The molecule has 0 saturated heterocycles. The molecule has 0 bridgehead atoms. The van der Waals surface area contributed by atoms with Crippen LogP contribution >= 0.6 is 0 Å². The number of hydrogen-bond donors (Lipinski definition) is 1. The van der Waals surface area contributed by atoms with Gasteiger partial charge in [0.2, 0.25) is 0 Å². The van der Waals surface area contributed by atoms with Gasteiger partial charge in [0.15, 0.2) is 5.92 Å². The van der Waals surface area contributed by atoms with Gasteiger partial charge in [-0.25, -0.2) is 0 Å². The summed E-state index contributed by atoms with van der Waals surface area (Å²) < 4.78 is 9.04. The van der Waals surface area contributed by atoms with Gasteiger partial charge in [-0.2, -0.15) is 0 Å². The van der Waals surface area contributed by atoms with E-state index in [-0.39, 0.29) is 5.75 Å². The largest absolute Gasteiger partial charge is 0.508 e. The van der Waals surface area contributed by atoms with Gasteiger partial charge in [-0.1, -0.05) is 12.1 Å². The van der Waals surface area contributed by atoms with Gasteiger partial charge in [-0.3, -0.25) is 9.59 Å². The highest BCUT2D eigenvalue weighted by molar-refractivity contribution is 6.00. The summed E-state index contributed by atoms with van der Waals surface area (Å²) >= 11 is 0. The summed E-state index contributed by atoms with van der Waals surface area (Å²) in [6, 6.07) is 5.70. The molecule has 16 heavy (non-hydrogen) atoms. The highest BCUT2D eigenvalue weighted by Gasteiger charge is 2.30. The van der Waals surface area contributed by atoms with Gasteiger partial charge in [-0.05, 0) is 17.7 Å². The standard InChI is InChI=1S/C11H12O5/c1-15-10(13)9(11(14)16-2)7-3-5-8(12)6-4-7/h3-6,9,12H,1-2H3. The van der Waals surface area contributed by atoms with Crippen molar-refractivity contribution in [2.75, 3.05) is 14.2 Å². The molecule has 1 rings (SSSR count). The van der Waals surface area contributed by atoms with Crippen LogP contribution in [0.4, 0.5) is 0 Å². The summed E-state index contributed by atoms with van der Waals surface area (Å²) in [4.78, 5) is 22.8. The highest BCUT2D eigenvalue weighted by Crippen LogP contribution is 2.21. The van der Waals surface area contributed by atoms with Crippen LogP contribution in [-0.2, 0) is 19.1 Å². The predicted octanol–water partition coefficient (Wildman–Crippen LogP) is 0.822. The van der Waals surface area contributed by atoms with Gasteiger partial charge in [0.05, 0.1) is 14.2 Å². The number of ether oxygens (including phenoxy) is 2. The number of hydrogen-bond acceptors (Lipinski definition) is 5. The average molecular weight is 224 g/mol. The maximum atomic E-state index is 11.4. The topological polar surface area (TPSA) is 72.8 Å². The fourth-order valence-corrected chi connectivity index (χ4v) is 1.27. The maximum Gasteiger partial charge on any atom is 0.324 e. The SMILES string of the molecule is COC(=O)C(C(=O)OC)c1ccc(O)cc1. The molecule has 1 N–H and O–H groups in total. The van der Waals surface area contributed by atoms with E-state index >= 15 is 0 Å². The minimum Gasteiger partial charge on any atom is -0.508 e. The molecule has 0 saturated carbocycles. The van der Waals surface area contributed by atoms with Crippen molar-refractivity contribution < 1.29 is 24.2 Å². The first-order chi connectivity index (χ1) is 7.60. The zero-order valence-corrected chi connectivity index (χ0v) is 8.97. The Kier molecular flexibility index (Phi) is 3.88. The van der Waals surface area contributed by atoms with Crippen LogP contribution in [-0.4, -0.2) is 31.3 Å². The number of carbonyl (C=O) groups excluding carboxylic acids is 2. The minimum atomic E-state index is -1.12. The zero-order chi connectivity index (χ0) is 12.1. The monoisotopic (exact) mass is 224 g/mol. The first kappa shape index (κ1) is 12.0. The molecule has 0 radical (unpaired) electrons. The van der Waals surface area contributed by atoms with Crippen molar-refractivity contribution in [3.63, 3.8) is 0 Å². The normalized spacial score (nSPS) is 9.94. The lowest BCUT2D eigenvalue weighted by Gasteiger charge is -2.12. The van der Waals surface area contributed by atoms with Crippen molar-refractivity contribution in [2.45, 2.75) is 5.92 Å². The molecule has 5 nitrogen and oxygen atoms in total. The lowest BCUT2D eigenvalue weighted by molar-refractivity contribution is -0.154. The number of rotatable bonds is 3. The molecule has 0 unspecified atom stereocenters. The lowest BCUT2D eigenvalue weighted by atomic mass is 9.99. The van der Waals surface area contributed by atoms with Crippen LogP contribution in [0.5, 0.6) is 5.75 Å². The lowest BCUT2D eigenvalue weighted by Crippen LogP contribution is -2.24. The molecule has 5 heteroatoms. The number of phenolic OH excluding ortho intramolecular Hbond substituents is 1. The van der Waals surface area contributed by atoms with E-state index in [1.54, 1.807) is 0 Å². The van der Waals surface area contributed by atoms with Crippen LogP contribution in [0, 0.1) is 0 Å². The number of aromatic hydroxyl groups is 1. The maximum absolute atomic E-state index is 11.4. The van der Waals surface area contributed by atoms with E-state index in [9.17, 15) is 9.59 Å². The van der Waals surface area contributed by atoms with Crippen LogP contribution < -0.4 is 0 Å². The fraction of sp³-hybridized carbons (Fsp3) is 0.273. The Bertz CT molecular complexity index is 366. The molecule has 0 aliphatic carbocycles. The number of phenols is 1. The Balaban J connectivity index is 3.06. The van der Waals surface area contributed by atoms with E-state index in [4.69, 9.17) is 5.11 Å². The number of benzene rings is 1. The number of carbonyl (C=O) groups is 2. The first-order valence-electron chi connectivity index (χ1n) is 4.54. The van der Waals surface area contributed by atoms with E-state index in [1.807, 2.05) is 0 Å². The third-order valence-electron chi connectivity index (χ3n) is 2.10. The number of esters is 2. The van der Waals surface area contributed by atoms with Crippen LogP contribution in [0.2, 0.25) is 0 Å². The summed E-state index contributed by atoms with van der Waals surface area (Å²) in [6.07, 6.45) is 0. The Hall–Kier alpha value is -2.04. The zero-order valence-electron chi connectivity index (χ0n) is 8.97. The smallest absolute Gasteiger partial charge is 0.324 e. The molecule has 0 amide bonds. The fourth-order valence-electron chi connectivity index (χ4n) is 1.27. The van der Waals surface area contributed by atoms with Crippen LogP contribution in [0.1, 0.15) is 11.5 Å². The molecule has 0 atom stereocenters. The highest BCUT2D eigenvalue weighted by atomic mass is 16.5. The minimum absolute atomic E-state index is 0.0530. The van der Waals surface area contributed by atoms with Gasteiger partial charge in [-0.15, -0.1) is 0 Å². The Labute approximate surface area is 92.6 Å². The summed E-state index contributed by atoms with van der Waals surface area (Å²) in [5.74, 6) is -2.46. The Morgan fingerprint density at radius 1 is 1.06 bits per heavy atom. The van der Waals surface area contributed by atoms with Gasteiger partial charge in [0.1, 0.15) is 5.75 Å². The summed E-state index contributed by atoms with van der Waals surface area (Å²) in [5, 5.41) is 9.10. The van der Waals surface area contributed by atoms with E-state index < -0.39 is 17.9 Å². The molecule has 0 aliphatic rings. The molecule has 0 spiro atoms.